The molecule has 1 N–H and O–H groups in total. The van der Waals surface area contributed by atoms with Crippen LogP contribution in [0.25, 0.3) is 0 Å². The second kappa shape index (κ2) is 8.10. The van der Waals surface area contributed by atoms with E-state index >= 15 is 0 Å². The number of hydrogen-bond acceptors (Lipinski definition) is 4. The minimum Gasteiger partial charge on any atom is -0.496 e. The van der Waals surface area contributed by atoms with Gasteiger partial charge in [0.25, 0.3) is 0 Å². The van der Waals surface area contributed by atoms with Gasteiger partial charge in [-0.15, -0.1) is 0 Å². The Hall–Kier alpha value is -1.46. The third-order valence-corrected chi connectivity index (χ3v) is 3.81. The van der Waals surface area contributed by atoms with Crippen molar-refractivity contribution in [3.05, 3.63) is 52.5 Å². The third-order valence-electron chi connectivity index (χ3n) is 3.19. The molecule has 1 aromatic heterocycles. The lowest BCUT2D eigenvalue weighted by Gasteiger charge is -2.17. The van der Waals surface area contributed by atoms with Crippen LogP contribution in [0.1, 0.15) is 30.8 Å². The van der Waals surface area contributed by atoms with Crippen LogP contribution < -0.4 is 10.1 Å². The van der Waals surface area contributed by atoms with Gasteiger partial charge in [0, 0.05) is 12.4 Å². The van der Waals surface area contributed by atoms with E-state index in [1.807, 2.05) is 12.1 Å². The zero-order chi connectivity index (χ0) is 15.1. The number of benzene rings is 1. The molecule has 0 aliphatic rings. The maximum absolute atomic E-state index is 5.27. The van der Waals surface area contributed by atoms with Gasteiger partial charge in [-0.05, 0) is 59.1 Å². The van der Waals surface area contributed by atoms with Gasteiger partial charge in [-0.3, -0.25) is 0 Å². The van der Waals surface area contributed by atoms with E-state index in [1.54, 1.807) is 19.5 Å². The lowest BCUT2D eigenvalue weighted by molar-refractivity contribution is 0.411. The summed E-state index contributed by atoms with van der Waals surface area (Å²) in [6, 6.07) is 8.09. The van der Waals surface area contributed by atoms with Crippen LogP contribution in [-0.4, -0.2) is 23.6 Å². The van der Waals surface area contributed by atoms with Gasteiger partial charge in [-0.2, -0.15) is 0 Å². The van der Waals surface area contributed by atoms with Gasteiger partial charge in [0.1, 0.15) is 11.6 Å². The van der Waals surface area contributed by atoms with Crippen LogP contribution >= 0.6 is 15.9 Å². The summed E-state index contributed by atoms with van der Waals surface area (Å²) in [5.41, 5.74) is 1.21. The first-order chi connectivity index (χ1) is 10.2. The Bertz CT molecular complexity index is 563. The minimum atomic E-state index is 0.117. The molecule has 0 aliphatic carbocycles. The number of nitrogens with zero attached hydrogens (tertiary/aromatic N) is 2. The smallest absolute Gasteiger partial charge is 0.145 e. The van der Waals surface area contributed by atoms with Crippen molar-refractivity contribution >= 4 is 15.9 Å². The van der Waals surface area contributed by atoms with Crippen LogP contribution in [0, 0.1) is 0 Å². The summed E-state index contributed by atoms with van der Waals surface area (Å²) in [5, 5.41) is 3.51. The molecule has 0 aliphatic heterocycles. The maximum atomic E-state index is 5.27. The fourth-order valence-corrected chi connectivity index (χ4v) is 2.72. The van der Waals surface area contributed by atoms with E-state index in [0.717, 1.165) is 35.4 Å². The number of rotatable bonds is 7. The van der Waals surface area contributed by atoms with Gasteiger partial charge in [0.05, 0.1) is 17.6 Å². The molecule has 1 unspecified atom stereocenters. The summed E-state index contributed by atoms with van der Waals surface area (Å²) < 4.78 is 6.23. The Morgan fingerprint density at radius 3 is 2.67 bits per heavy atom. The maximum Gasteiger partial charge on any atom is 0.145 e. The van der Waals surface area contributed by atoms with Crippen molar-refractivity contribution in [1.82, 2.24) is 15.3 Å². The Balaban J connectivity index is 2.16. The number of aromatic nitrogens is 2. The van der Waals surface area contributed by atoms with E-state index in [1.165, 1.54) is 5.56 Å². The zero-order valence-corrected chi connectivity index (χ0v) is 13.9. The Kier molecular flexibility index (Phi) is 6.14. The molecule has 0 radical (unpaired) electrons. The van der Waals surface area contributed by atoms with E-state index in [2.05, 4.69) is 50.3 Å². The largest absolute Gasteiger partial charge is 0.496 e. The molecule has 4 nitrogen and oxygen atoms in total. The molecule has 2 rings (SSSR count). The molecule has 0 saturated heterocycles. The monoisotopic (exact) mass is 349 g/mol. The van der Waals surface area contributed by atoms with Gasteiger partial charge in [0.2, 0.25) is 0 Å². The Morgan fingerprint density at radius 2 is 2.05 bits per heavy atom. The number of nitrogens with one attached hydrogen (secondary N) is 1. The number of ether oxygens (including phenoxy) is 1. The van der Waals surface area contributed by atoms with Crippen molar-refractivity contribution in [1.29, 1.82) is 0 Å². The molecule has 0 saturated carbocycles. The predicted octanol–water partition coefficient (Wildman–Crippen LogP) is 3.53. The second-order valence-corrected chi connectivity index (χ2v) is 5.64. The lowest BCUT2D eigenvalue weighted by Crippen LogP contribution is -2.25. The van der Waals surface area contributed by atoms with Crippen molar-refractivity contribution in [2.75, 3.05) is 13.7 Å². The van der Waals surface area contributed by atoms with E-state index in [-0.39, 0.29) is 6.04 Å². The highest BCUT2D eigenvalue weighted by Gasteiger charge is 2.14. The summed E-state index contributed by atoms with van der Waals surface area (Å²) in [6.45, 7) is 3.10. The highest BCUT2D eigenvalue weighted by molar-refractivity contribution is 9.10. The Morgan fingerprint density at radius 1 is 1.29 bits per heavy atom. The van der Waals surface area contributed by atoms with Crippen molar-refractivity contribution in [3.63, 3.8) is 0 Å². The highest BCUT2D eigenvalue weighted by atomic mass is 79.9. The summed E-state index contributed by atoms with van der Waals surface area (Å²) in [6.07, 6.45) is 5.49. The molecule has 0 spiro atoms. The summed E-state index contributed by atoms with van der Waals surface area (Å²) in [5.74, 6) is 1.67. The molecular weight excluding hydrogens is 330 g/mol. The fraction of sp³-hybridized carbons (Fsp3) is 0.375. The summed E-state index contributed by atoms with van der Waals surface area (Å²) in [4.78, 5) is 8.75. The van der Waals surface area contributed by atoms with E-state index < -0.39 is 0 Å². The predicted molar refractivity (Wildman–Crippen MR) is 87.5 cm³/mol. The number of methoxy groups -OCH3 is 1. The van der Waals surface area contributed by atoms with Gasteiger partial charge in [0.15, 0.2) is 0 Å². The molecule has 0 amide bonds. The topological polar surface area (TPSA) is 47.0 Å². The first-order valence-corrected chi connectivity index (χ1v) is 7.86. The van der Waals surface area contributed by atoms with Gasteiger partial charge < -0.3 is 10.1 Å². The molecule has 112 valence electrons. The summed E-state index contributed by atoms with van der Waals surface area (Å²) in [7, 11) is 1.67. The molecule has 5 heteroatoms. The van der Waals surface area contributed by atoms with Crippen molar-refractivity contribution in [2.24, 2.45) is 0 Å². The number of halogens is 1. The lowest BCUT2D eigenvalue weighted by atomic mass is 10.0. The van der Waals surface area contributed by atoms with Crippen LogP contribution in [0.4, 0.5) is 0 Å². The van der Waals surface area contributed by atoms with Crippen LogP contribution in [0.3, 0.4) is 0 Å². The quantitative estimate of drug-likeness (QED) is 0.830. The molecule has 1 aromatic carbocycles. The average Bonchev–Trinajstić information content (AvgIpc) is 2.52. The number of hydrogen-bond donors (Lipinski definition) is 1. The van der Waals surface area contributed by atoms with Gasteiger partial charge in [-0.1, -0.05) is 13.0 Å². The minimum absolute atomic E-state index is 0.117. The third kappa shape index (κ3) is 4.51. The molecular formula is C16H20BrN3O. The summed E-state index contributed by atoms with van der Waals surface area (Å²) >= 11 is 3.53. The highest BCUT2D eigenvalue weighted by Crippen LogP contribution is 2.27. The molecule has 0 bridgehead atoms. The molecule has 2 aromatic rings. The molecule has 1 heterocycles. The molecule has 1 atom stereocenters. The van der Waals surface area contributed by atoms with Crippen LogP contribution in [-0.2, 0) is 6.42 Å². The standard InChI is InChI=1S/C16H20BrN3O/c1-3-7-18-14(16-19-8-4-9-20-16)11-12-5-6-15(21-2)13(17)10-12/h4-6,8-10,14,18H,3,7,11H2,1-2H3. The van der Waals surface area contributed by atoms with Crippen LogP contribution in [0.2, 0.25) is 0 Å². The van der Waals surface area contributed by atoms with Crippen molar-refractivity contribution in [3.8, 4) is 5.75 Å². The van der Waals surface area contributed by atoms with E-state index in [9.17, 15) is 0 Å². The average molecular weight is 350 g/mol. The normalized spacial score (nSPS) is 12.1. The molecule has 0 fully saturated rings. The van der Waals surface area contributed by atoms with E-state index in [4.69, 9.17) is 4.74 Å². The Labute approximate surface area is 134 Å². The second-order valence-electron chi connectivity index (χ2n) is 4.79. The first-order valence-electron chi connectivity index (χ1n) is 7.07. The van der Waals surface area contributed by atoms with Crippen LogP contribution in [0.15, 0.2) is 41.1 Å². The van der Waals surface area contributed by atoms with Crippen molar-refractivity contribution < 1.29 is 4.74 Å². The van der Waals surface area contributed by atoms with E-state index in [0.29, 0.717) is 0 Å². The fourth-order valence-electron chi connectivity index (χ4n) is 2.14. The SMILES string of the molecule is CCCNC(Cc1ccc(OC)c(Br)c1)c1ncccn1. The van der Waals surface area contributed by atoms with Crippen molar-refractivity contribution in [2.45, 2.75) is 25.8 Å². The van der Waals surface area contributed by atoms with Gasteiger partial charge >= 0.3 is 0 Å². The molecule has 21 heavy (non-hydrogen) atoms. The first kappa shape index (κ1) is 15.9. The zero-order valence-electron chi connectivity index (χ0n) is 12.3. The van der Waals surface area contributed by atoms with Gasteiger partial charge in [-0.25, -0.2) is 9.97 Å². The van der Waals surface area contributed by atoms with Crippen LogP contribution in [0.5, 0.6) is 5.75 Å².